The Morgan fingerprint density at radius 3 is 2.62 bits per heavy atom. The van der Waals surface area contributed by atoms with Crippen LogP contribution in [-0.2, 0) is 21.3 Å². The Labute approximate surface area is 143 Å². The van der Waals surface area contributed by atoms with Crippen LogP contribution in [0.5, 0.6) is 5.75 Å². The molecule has 0 fully saturated rings. The molecule has 0 aliphatic rings. The van der Waals surface area contributed by atoms with Gasteiger partial charge in [-0.25, -0.2) is 8.42 Å². The van der Waals surface area contributed by atoms with Gasteiger partial charge in [-0.1, -0.05) is 6.07 Å². The second-order valence-corrected chi connectivity index (χ2v) is 7.44. The van der Waals surface area contributed by atoms with Crippen LogP contribution in [0.2, 0.25) is 0 Å². The van der Waals surface area contributed by atoms with Gasteiger partial charge < -0.3 is 9.47 Å². The molecule has 0 spiro atoms. The van der Waals surface area contributed by atoms with Crippen LogP contribution < -0.4 is 4.74 Å². The second-order valence-electron chi connectivity index (χ2n) is 5.39. The normalized spacial score (nSPS) is 11.7. The maximum atomic E-state index is 12.7. The molecule has 130 valence electrons. The Morgan fingerprint density at radius 2 is 2.00 bits per heavy atom. The lowest BCUT2D eigenvalue weighted by atomic mass is 10.2. The SMILES string of the molecule is COCCOc1ccc(S(=O)(=O)N(C)Cc2cccnc2)cc1C. The molecule has 2 aromatic rings. The zero-order valence-electron chi connectivity index (χ0n) is 14.1. The molecule has 0 N–H and O–H groups in total. The summed E-state index contributed by atoms with van der Waals surface area (Å²) in [4.78, 5) is 4.25. The Bertz CT molecular complexity index is 763. The number of pyridine rings is 1. The van der Waals surface area contributed by atoms with E-state index in [0.29, 0.717) is 19.0 Å². The molecule has 0 radical (unpaired) electrons. The summed E-state index contributed by atoms with van der Waals surface area (Å²) in [6.45, 7) is 2.99. The van der Waals surface area contributed by atoms with Gasteiger partial charge >= 0.3 is 0 Å². The van der Waals surface area contributed by atoms with E-state index in [9.17, 15) is 8.42 Å². The van der Waals surface area contributed by atoms with Gasteiger partial charge in [-0.15, -0.1) is 0 Å². The maximum Gasteiger partial charge on any atom is 0.243 e. The van der Waals surface area contributed by atoms with Crippen LogP contribution >= 0.6 is 0 Å². The lowest BCUT2D eigenvalue weighted by molar-refractivity contribution is 0.146. The molecule has 0 saturated heterocycles. The zero-order valence-corrected chi connectivity index (χ0v) is 14.9. The first-order valence-corrected chi connectivity index (χ1v) is 8.97. The van der Waals surface area contributed by atoms with Crippen molar-refractivity contribution in [3.8, 4) is 5.75 Å². The fourth-order valence-corrected chi connectivity index (χ4v) is 3.44. The van der Waals surface area contributed by atoms with Crippen molar-refractivity contribution in [1.29, 1.82) is 0 Å². The molecule has 1 aromatic heterocycles. The van der Waals surface area contributed by atoms with Gasteiger partial charge in [0.2, 0.25) is 10.0 Å². The minimum Gasteiger partial charge on any atom is -0.491 e. The number of aromatic nitrogens is 1. The van der Waals surface area contributed by atoms with E-state index in [0.717, 1.165) is 11.1 Å². The molecule has 0 unspecified atom stereocenters. The first-order valence-electron chi connectivity index (χ1n) is 7.53. The van der Waals surface area contributed by atoms with Gasteiger partial charge in [-0.2, -0.15) is 4.31 Å². The smallest absolute Gasteiger partial charge is 0.243 e. The van der Waals surface area contributed by atoms with Gasteiger partial charge in [0.25, 0.3) is 0 Å². The first-order chi connectivity index (χ1) is 11.4. The topological polar surface area (TPSA) is 68.7 Å². The quantitative estimate of drug-likeness (QED) is 0.683. The van der Waals surface area contributed by atoms with Crippen LogP contribution in [0.4, 0.5) is 0 Å². The van der Waals surface area contributed by atoms with Crippen molar-refractivity contribution in [2.75, 3.05) is 27.4 Å². The zero-order chi connectivity index (χ0) is 17.6. The predicted octanol–water partition coefficient (Wildman–Crippen LogP) is 2.24. The number of ether oxygens (including phenoxy) is 2. The van der Waals surface area contributed by atoms with Gasteiger partial charge in [0.15, 0.2) is 0 Å². The molecule has 1 aromatic carbocycles. The molecule has 6 nitrogen and oxygen atoms in total. The van der Waals surface area contributed by atoms with Gasteiger partial charge in [0.05, 0.1) is 11.5 Å². The predicted molar refractivity (Wildman–Crippen MR) is 91.4 cm³/mol. The van der Waals surface area contributed by atoms with E-state index in [1.54, 1.807) is 50.8 Å². The minimum absolute atomic E-state index is 0.241. The van der Waals surface area contributed by atoms with Crippen molar-refractivity contribution in [1.82, 2.24) is 9.29 Å². The van der Waals surface area contributed by atoms with Gasteiger partial charge in [-0.3, -0.25) is 4.98 Å². The Balaban J connectivity index is 2.15. The lowest BCUT2D eigenvalue weighted by Crippen LogP contribution is -2.26. The highest BCUT2D eigenvalue weighted by Crippen LogP contribution is 2.24. The van der Waals surface area contributed by atoms with E-state index in [1.807, 2.05) is 13.0 Å². The van der Waals surface area contributed by atoms with Gasteiger partial charge in [0.1, 0.15) is 12.4 Å². The number of hydrogen-bond donors (Lipinski definition) is 0. The third kappa shape index (κ3) is 4.53. The van der Waals surface area contributed by atoms with Crippen molar-refractivity contribution in [3.05, 3.63) is 53.9 Å². The number of rotatable bonds is 8. The summed E-state index contributed by atoms with van der Waals surface area (Å²) < 4.78 is 37.2. The third-order valence-electron chi connectivity index (χ3n) is 3.53. The Morgan fingerprint density at radius 1 is 1.21 bits per heavy atom. The number of aryl methyl sites for hydroxylation is 1. The highest BCUT2D eigenvalue weighted by molar-refractivity contribution is 7.89. The standard InChI is InChI=1S/C17H22N2O4S/c1-14-11-16(6-7-17(14)23-10-9-22-3)24(20,21)19(2)13-15-5-4-8-18-12-15/h4-8,11-12H,9-10,13H2,1-3H3. The molecule has 0 bridgehead atoms. The van der Waals surface area contributed by atoms with Crippen LogP contribution in [0.1, 0.15) is 11.1 Å². The largest absolute Gasteiger partial charge is 0.491 e. The van der Waals surface area contributed by atoms with E-state index in [1.165, 1.54) is 4.31 Å². The van der Waals surface area contributed by atoms with Crippen LogP contribution in [0.3, 0.4) is 0 Å². The number of hydrogen-bond acceptors (Lipinski definition) is 5. The molecule has 0 amide bonds. The summed E-state index contributed by atoms with van der Waals surface area (Å²) in [5.41, 5.74) is 1.60. The van der Waals surface area contributed by atoms with Crippen molar-refractivity contribution in [2.24, 2.45) is 0 Å². The number of benzene rings is 1. The minimum atomic E-state index is -3.58. The summed E-state index contributed by atoms with van der Waals surface area (Å²) in [5.74, 6) is 0.654. The van der Waals surface area contributed by atoms with Crippen molar-refractivity contribution in [2.45, 2.75) is 18.4 Å². The fraction of sp³-hybridized carbons (Fsp3) is 0.353. The summed E-state index contributed by atoms with van der Waals surface area (Å²) in [5, 5.41) is 0. The van der Waals surface area contributed by atoms with Gasteiger partial charge in [-0.05, 0) is 42.3 Å². The van der Waals surface area contributed by atoms with Crippen LogP contribution in [0.15, 0.2) is 47.6 Å². The lowest BCUT2D eigenvalue weighted by Gasteiger charge is -2.18. The summed E-state index contributed by atoms with van der Waals surface area (Å²) in [6.07, 6.45) is 3.31. The molecule has 24 heavy (non-hydrogen) atoms. The Hall–Kier alpha value is -1.96. The summed E-state index contributed by atoms with van der Waals surface area (Å²) in [7, 11) is -0.419. The van der Waals surface area contributed by atoms with Crippen LogP contribution in [0.25, 0.3) is 0 Å². The van der Waals surface area contributed by atoms with E-state index < -0.39 is 10.0 Å². The molecular formula is C17H22N2O4S. The molecule has 0 aliphatic carbocycles. The van der Waals surface area contributed by atoms with Crippen molar-refractivity contribution >= 4 is 10.0 Å². The van der Waals surface area contributed by atoms with Gasteiger partial charge in [0, 0.05) is 33.1 Å². The molecule has 2 rings (SSSR count). The van der Waals surface area contributed by atoms with Crippen molar-refractivity contribution in [3.63, 3.8) is 0 Å². The monoisotopic (exact) mass is 350 g/mol. The maximum absolute atomic E-state index is 12.7. The summed E-state index contributed by atoms with van der Waals surface area (Å²) >= 11 is 0. The fourth-order valence-electron chi connectivity index (χ4n) is 2.19. The highest BCUT2D eigenvalue weighted by atomic mass is 32.2. The third-order valence-corrected chi connectivity index (χ3v) is 5.33. The Kier molecular flexibility index (Phi) is 6.30. The van der Waals surface area contributed by atoms with Crippen molar-refractivity contribution < 1.29 is 17.9 Å². The van der Waals surface area contributed by atoms with Crippen LogP contribution in [-0.4, -0.2) is 45.1 Å². The summed E-state index contributed by atoms with van der Waals surface area (Å²) in [6, 6.07) is 8.49. The first kappa shape index (κ1) is 18.4. The highest BCUT2D eigenvalue weighted by Gasteiger charge is 2.21. The number of sulfonamides is 1. The van der Waals surface area contributed by atoms with E-state index in [-0.39, 0.29) is 11.4 Å². The number of nitrogens with zero attached hydrogens (tertiary/aromatic N) is 2. The molecule has 7 heteroatoms. The van der Waals surface area contributed by atoms with E-state index in [2.05, 4.69) is 4.98 Å². The number of methoxy groups -OCH3 is 1. The van der Waals surface area contributed by atoms with Crippen LogP contribution in [0, 0.1) is 6.92 Å². The molecule has 0 saturated carbocycles. The van der Waals surface area contributed by atoms with E-state index >= 15 is 0 Å². The molecule has 1 heterocycles. The second kappa shape index (κ2) is 8.23. The average Bonchev–Trinajstić information content (AvgIpc) is 2.57. The van der Waals surface area contributed by atoms with E-state index in [4.69, 9.17) is 9.47 Å². The molecular weight excluding hydrogens is 328 g/mol. The molecule has 0 atom stereocenters. The average molecular weight is 350 g/mol. The molecule has 0 aliphatic heterocycles.